The first-order valence-corrected chi connectivity index (χ1v) is 11.2. The number of primary amides is 1. The van der Waals surface area contributed by atoms with E-state index in [4.69, 9.17) is 27.8 Å². The molecule has 5 nitrogen and oxygen atoms in total. The van der Waals surface area contributed by atoms with Crippen LogP contribution in [0.1, 0.15) is 47.2 Å². The van der Waals surface area contributed by atoms with Gasteiger partial charge in [0.25, 0.3) is 0 Å². The Morgan fingerprint density at radius 2 is 1.85 bits per heavy atom. The van der Waals surface area contributed by atoms with Crippen molar-refractivity contribution in [3.8, 4) is 16.9 Å². The molecule has 0 aliphatic rings. The summed E-state index contributed by atoms with van der Waals surface area (Å²) in [5.74, 6) is -1.80. The molecule has 5 N–H and O–H groups in total. The molecule has 0 aliphatic carbocycles. The number of carbonyl (C=O) groups is 1. The number of nitrogens with two attached hydrogens (primary N) is 2. The highest BCUT2D eigenvalue weighted by molar-refractivity contribution is 6.33. The molecule has 1 unspecified atom stereocenters. The molecule has 0 saturated heterocycles. The van der Waals surface area contributed by atoms with Gasteiger partial charge in [0.05, 0.1) is 11.7 Å². The second-order valence-electron chi connectivity index (χ2n) is 7.86. The molecule has 0 aliphatic heterocycles. The number of halogens is 2. The summed E-state index contributed by atoms with van der Waals surface area (Å²) >= 11 is 6.46. The minimum atomic E-state index is -0.790. The fourth-order valence-corrected chi connectivity index (χ4v) is 4.05. The first kappa shape index (κ1) is 24.7. The Bertz CT molecular complexity index is 1110. The first-order chi connectivity index (χ1) is 15.9. The van der Waals surface area contributed by atoms with Crippen LogP contribution in [0.2, 0.25) is 5.02 Å². The van der Waals surface area contributed by atoms with Crippen LogP contribution in [0.15, 0.2) is 60.7 Å². The zero-order valence-corrected chi connectivity index (χ0v) is 19.2. The fraction of sp³-hybridized carbons (Fsp3) is 0.269. The van der Waals surface area contributed by atoms with E-state index in [2.05, 4.69) is 0 Å². The topological polar surface area (TPSA) is 98.6 Å². The second-order valence-corrected chi connectivity index (χ2v) is 8.26. The van der Waals surface area contributed by atoms with Gasteiger partial charge in [0.15, 0.2) is 11.6 Å². The number of ether oxygens (including phenoxy) is 1. The third kappa shape index (κ3) is 5.71. The maximum atomic E-state index is 15.6. The average Bonchev–Trinajstić information content (AvgIpc) is 2.80. The zero-order chi connectivity index (χ0) is 24.0. The standard InChI is InChI=1S/C26H28ClFN2O3/c1-2-6-18(31)15-33-23-12-10-19(26(30)32)24(25(23)28)20-13-17(9-11-22(20)27)21(14-29)16-7-4-3-5-8-16/h3-5,7-13,18,21,31H,2,6,14-15,29H2,1H3,(H2,30,32)/t18-,21?/m0/s1. The minimum absolute atomic E-state index is 0.0167. The second kappa shape index (κ2) is 11.3. The fourth-order valence-electron chi connectivity index (χ4n) is 3.84. The van der Waals surface area contributed by atoms with Gasteiger partial charge in [0.1, 0.15) is 6.61 Å². The summed E-state index contributed by atoms with van der Waals surface area (Å²) in [6.45, 7) is 2.19. The molecular weight excluding hydrogens is 443 g/mol. The summed E-state index contributed by atoms with van der Waals surface area (Å²) in [6.07, 6.45) is 0.573. The van der Waals surface area contributed by atoms with Crippen molar-refractivity contribution in [3.63, 3.8) is 0 Å². The smallest absolute Gasteiger partial charge is 0.249 e. The summed E-state index contributed by atoms with van der Waals surface area (Å²) in [6, 6.07) is 17.7. The van der Waals surface area contributed by atoms with Gasteiger partial charge < -0.3 is 21.3 Å². The van der Waals surface area contributed by atoms with Crippen LogP contribution in [0.4, 0.5) is 4.39 Å². The number of benzene rings is 3. The lowest BCUT2D eigenvalue weighted by Crippen LogP contribution is -2.18. The monoisotopic (exact) mass is 470 g/mol. The summed E-state index contributed by atoms with van der Waals surface area (Å²) in [7, 11) is 0. The van der Waals surface area contributed by atoms with E-state index < -0.39 is 17.8 Å². The Balaban J connectivity index is 2.09. The van der Waals surface area contributed by atoms with E-state index in [9.17, 15) is 9.90 Å². The first-order valence-electron chi connectivity index (χ1n) is 10.8. The Morgan fingerprint density at radius 1 is 1.12 bits per heavy atom. The van der Waals surface area contributed by atoms with Gasteiger partial charge in [-0.3, -0.25) is 4.79 Å². The van der Waals surface area contributed by atoms with Crippen molar-refractivity contribution in [1.82, 2.24) is 0 Å². The van der Waals surface area contributed by atoms with Gasteiger partial charge in [0.2, 0.25) is 5.91 Å². The van der Waals surface area contributed by atoms with Crippen LogP contribution in [-0.2, 0) is 0 Å². The van der Waals surface area contributed by atoms with Crippen molar-refractivity contribution in [2.45, 2.75) is 31.8 Å². The quantitative estimate of drug-likeness (QED) is 0.393. The Kier molecular flexibility index (Phi) is 8.44. The molecule has 0 radical (unpaired) electrons. The molecule has 2 atom stereocenters. The highest BCUT2D eigenvalue weighted by Gasteiger charge is 2.23. The summed E-state index contributed by atoms with van der Waals surface area (Å²) in [4.78, 5) is 12.1. The van der Waals surface area contributed by atoms with E-state index in [1.165, 1.54) is 12.1 Å². The number of carbonyl (C=O) groups excluding carboxylic acids is 1. The molecule has 0 spiro atoms. The molecule has 0 heterocycles. The third-order valence-electron chi connectivity index (χ3n) is 5.52. The van der Waals surface area contributed by atoms with Crippen LogP contribution in [0.5, 0.6) is 5.75 Å². The van der Waals surface area contributed by atoms with Crippen molar-refractivity contribution in [2.75, 3.05) is 13.2 Å². The van der Waals surface area contributed by atoms with E-state index in [1.54, 1.807) is 12.1 Å². The van der Waals surface area contributed by atoms with Gasteiger partial charge in [-0.15, -0.1) is 0 Å². The van der Waals surface area contributed by atoms with E-state index in [0.29, 0.717) is 18.5 Å². The van der Waals surface area contributed by atoms with Gasteiger partial charge in [-0.1, -0.05) is 61.3 Å². The minimum Gasteiger partial charge on any atom is -0.488 e. The van der Waals surface area contributed by atoms with Gasteiger partial charge in [-0.05, 0) is 41.8 Å². The van der Waals surface area contributed by atoms with E-state index in [1.807, 2.05) is 43.3 Å². The normalized spacial score (nSPS) is 12.9. The number of rotatable bonds is 10. The molecule has 3 aromatic rings. The van der Waals surface area contributed by atoms with Crippen LogP contribution < -0.4 is 16.2 Å². The van der Waals surface area contributed by atoms with Crippen molar-refractivity contribution in [1.29, 1.82) is 0 Å². The maximum absolute atomic E-state index is 15.6. The summed E-state index contributed by atoms with van der Waals surface area (Å²) in [5, 5.41) is 10.2. The molecule has 0 saturated carbocycles. The lowest BCUT2D eigenvalue weighted by atomic mass is 9.88. The molecule has 0 fully saturated rings. The van der Waals surface area contributed by atoms with Crippen LogP contribution >= 0.6 is 11.6 Å². The number of aliphatic hydroxyl groups is 1. The van der Waals surface area contributed by atoms with Gasteiger partial charge in [-0.2, -0.15) is 0 Å². The van der Waals surface area contributed by atoms with Crippen LogP contribution in [0.25, 0.3) is 11.1 Å². The average molecular weight is 471 g/mol. The molecule has 7 heteroatoms. The lowest BCUT2D eigenvalue weighted by molar-refractivity contribution is 0.0967. The molecule has 0 aromatic heterocycles. The molecule has 1 amide bonds. The maximum Gasteiger partial charge on any atom is 0.249 e. The molecule has 33 heavy (non-hydrogen) atoms. The van der Waals surface area contributed by atoms with E-state index in [-0.39, 0.29) is 34.4 Å². The predicted octanol–water partition coefficient (Wildman–Crippen LogP) is 4.88. The Hall–Kier alpha value is -2.93. The van der Waals surface area contributed by atoms with Crippen LogP contribution in [-0.4, -0.2) is 30.3 Å². The molecule has 174 valence electrons. The number of aliphatic hydroxyl groups excluding tert-OH is 1. The third-order valence-corrected chi connectivity index (χ3v) is 5.85. The van der Waals surface area contributed by atoms with Gasteiger partial charge in [0, 0.05) is 28.6 Å². The Labute approximate surface area is 198 Å². The zero-order valence-electron chi connectivity index (χ0n) is 18.4. The molecule has 3 aromatic carbocycles. The summed E-state index contributed by atoms with van der Waals surface area (Å²) in [5.41, 5.74) is 13.7. The lowest BCUT2D eigenvalue weighted by Gasteiger charge is -2.19. The largest absolute Gasteiger partial charge is 0.488 e. The van der Waals surface area contributed by atoms with Crippen molar-refractivity contribution in [2.24, 2.45) is 11.5 Å². The van der Waals surface area contributed by atoms with Crippen LogP contribution in [0.3, 0.4) is 0 Å². The van der Waals surface area contributed by atoms with Crippen LogP contribution in [0, 0.1) is 5.82 Å². The van der Waals surface area contributed by atoms with E-state index >= 15 is 4.39 Å². The van der Waals surface area contributed by atoms with Crippen molar-refractivity contribution >= 4 is 17.5 Å². The van der Waals surface area contributed by atoms with Gasteiger partial charge >= 0.3 is 0 Å². The van der Waals surface area contributed by atoms with Crippen molar-refractivity contribution in [3.05, 3.63) is 88.2 Å². The Morgan fingerprint density at radius 3 is 2.48 bits per heavy atom. The number of amides is 1. The summed E-state index contributed by atoms with van der Waals surface area (Å²) < 4.78 is 21.2. The highest BCUT2D eigenvalue weighted by Crippen LogP contribution is 2.39. The molecular formula is C26H28ClFN2O3. The number of hydrogen-bond donors (Lipinski definition) is 3. The molecule has 3 rings (SSSR count). The van der Waals surface area contributed by atoms with Gasteiger partial charge in [-0.25, -0.2) is 4.39 Å². The highest BCUT2D eigenvalue weighted by atomic mass is 35.5. The van der Waals surface area contributed by atoms with E-state index in [0.717, 1.165) is 17.5 Å². The number of hydrogen-bond acceptors (Lipinski definition) is 4. The SMILES string of the molecule is CCC[C@H](O)COc1ccc(C(N)=O)c(-c2cc(C(CN)c3ccccc3)ccc2Cl)c1F. The van der Waals surface area contributed by atoms with Crippen molar-refractivity contribution < 1.29 is 19.0 Å². The molecule has 0 bridgehead atoms. The predicted molar refractivity (Wildman–Crippen MR) is 129 cm³/mol.